The normalized spacial score (nSPS) is 18.6. The van der Waals surface area contributed by atoms with Crippen molar-refractivity contribution in [2.45, 2.75) is 50.9 Å². The molecule has 0 saturated heterocycles. The van der Waals surface area contributed by atoms with E-state index in [2.05, 4.69) is 10.3 Å². The van der Waals surface area contributed by atoms with Gasteiger partial charge in [0.15, 0.2) is 5.89 Å². The van der Waals surface area contributed by atoms with Crippen molar-refractivity contribution < 1.29 is 4.42 Å². The van der Waals surface area contributed by atoms with E-state index in [1.807, 2.05) is 13.2 Å². The SMILES string of the molecule is CNCCc1ncc(C2CCCCCC2)o1. The molecule has 2 rings (SSSR count). The van der Waals surface area contributed by atoms with Gasteiger partial charge < -0.3 is 9.73 Å². The minimum Gasteiger partial charge on any atom is -0.445 e. The molecular weight excluding hydrogens is 200 g/mol. The van der Waals surface area contributed by atoms with Gasteiger partial charge in [0, 0.05) is 18.9 Å². The topological polar surface area (TPSA) is 38.1 Å². The number of nitrogens with zero attached hydrogens (tertiary/aromatic N) is 1. The maximum absolute atomic E-state index is 5.83. The van der Waals surface area contributed by atoms with Gasteiger partial charge >= 0.3 is 0 Å². The molecule has 1 aliphatic carbocycles. The van der Waals surface area contributed by atoms with Crippen molar-refractivity contribution in [2.75, 3.05) is 13.6 Å². The molecule has 0 unspecified atom stereocenters. The molecule has 0 aromatic carbocycles. The first-order chi connectivity index (χ1) is 7.90. The van der Waals surface area contributed by atoms with Gasteiger partial charge in [-0.15, -0.1) is 0 Å². The van der Waals surface area contributed by atoms with E-state index in [9.17, 15) is 0 Å². The Morgan fingerprint density at radius 2 is 2.06 bits per heavy atom. The maximum Gasteiger partial charge on any atom is 0.195 e. The van der Waals surface area contributed by atoms with E-state index in [1.54, 1.807) is 0 Å². The Labute approximate surface area is 97.6 Å². The van der Waals surface area contributed by atoms with Gasteiger partial charge in [-0.2, -0.15) is 0 Å². The quantitative estimate of drug-likeness (QED) is 0.796. The number of rotatable bonds is 4. The van der Waals surface area contributed by atoms with E-state index in [0.29, 0.717) is 5.92 Å². The third-order valence-electron chi connectivity index (χ3n) is 3.42. The predicted molar refractivity (Wildman–Crippen MR) is 64.6 cm³/mol. The molecule has 0 amide bonds. The summed E-state index contributed by atoms with van der Waals surface area (Å²) in [6.45, 7) is 0.935. The lowest BCUT2D eigenvalue weighted by Gasteiger charge is -2.09. The maximum atomic E-state index is 5.83. The first kappa shape index (κ1) is 11.6. The Bertz CT molecular complexity index is 301. The van der Waals surface area contributed by atoms with Crippen LogP contribution in [-0.4, -0.2) is 18.6 Å². The minimum absolute atomic E-state index is 0.623. The Kier molecular flexibility index (Phi) is 4.40. The molecule has 90 valence electrons. The summed E-state index contributed by atoms with van der Waals surface area (Å²) >= 11 is 0. The van der Waals surface area contributed by atoms with Gasteiger partial charge in [0.1, 0.15) is 5.76 Å². The average molecular weight is 222 g/mol. The molecule has 0 spiro atoms. The Balaban J connectivity index is 1.94. The lowest BCUT2D eigenvalue weighted by Crippen LogP contribution is -2.10. The highest BCUT2D eigenvalue weighted by Crippen LogP contribution is 2.31. The fourth-order valence-electron chi connectivity index (χ4n) is 2.42. The molecule has 3 heteroatoms. The molecule has 0 atom stereocenters. The molecule has 0 aliphatic heterocycles. The van der Waals surface area contributed by atoms with E-state index < -0.39 is 0 Å². The van der Waals surface area contributed by atoms with Crippen LogP contribution in [0.4, 0.5) is 0 Å². The van der Waals surface area contributed by atoms with Crippen LogP contribution >= 0.6 is 0 Å². The van der Waals surface area contributed by atoms with Crippen molar-refractivity contribution in [3.8, 4) is 0 Å². The second-order valence-electron chi connectivity index (χ2n) is 4.70. The summed E-state index contributed by atoms with van der Waals surface area (Å²) in [5, 5.41) is 3.11. The van der Waals surface area contributed by atoms with Gasteiger partial charge in [-0.1, -0.05) is 25.7 Å². The summed E-state index contributed by atoms with van der Waals surface area (Å²) < 4.78 is 5.83. The number of oxazole rings is 1. The average Bonchev–Trinajstić information content (AvgIpc) is 2.60. The molecule has 1 saturated carbocycles. The van der Waals surface area contributed by atoms with Crippen LogP contribution in [0.15, 0.2) is 10.6 Å². The fraction of sp³-hybridized carbons (Fsp3) is 0.769. The zero-order valence-corrected chi connectivity index (χ0v) is 10.2. The molecule has 1 aromatic rings. The highest BCUT2D eigenvalue weighted by molar-refractivity contribution is 5.02. The summed E-state index contributed by atoms with van der Waals surface area (Å²) in [5.74, 6) is 2.62. The molecule has 1 aromatic heterocycles. The molecule has 1 aliphatic rings. The molecule has 1 N–H and O–H groups in total. The summed E-state index contributed by atoms with van der Waals surface area (Å²) in [6.07, 6.45) is 10.9. The number of nitrogens with one attached hydrogen (secondary N) is 1. The summed E-state index contributed by atoms with van der Waals surface area (Å²) in [7, 11) is 1.95. The Hall–Kier alpha value is -0.830. The van der Waals surface area contributed by atoms with Crippen LogP contribution < -0.4 is 5.32 Å². The molecule has 1 heterocycles. The molecule has 3 nitrogen and oxygen atoms in total. The van der Waals surface area contributed by atoms with Crippen molar-refractivity contribution >= 4 is 0 Å². The van der Waals surface area contributed by atoms with E-state index in [-0.39, 0.29) is 0 Å². The number of hydrogen-bond donors (Lipinski definition) is 1. The monoisotopic (exact) mass is 222 g/mol. The zero-order chi connectivity index (χ0) is 11.2. The third-order valence-corrected chi connectivity index (χ3v) is 3.42. The van der Waals surface area contributed by atoms with Gasteiger partial charge in [0.05, 0.1) is 6.20 Å². The highest BCUT2D eigenvalue weighted by Gasteiger charge is 2.18. The number of likely N-dealkylation sites (N-methyl/N-ethyl adjacent to an activating group) is 1. The van der Waals surface area contributed by atoms with Crippen LogP contribution in [0.1, 0.15) is 56.1 Å². The summed E-state index contributed by atoms with van der Waals surface area (Å²) in [5.41, 5.74) is 0. The molecule has 16 heavy (non-hydrogen) atoms. The molecule has 1 fully saturated rings. The minimum atomic E-state index is 0.623. The lowest BCUT2D eigenvalue weighted by atomic mass is 9.98. The van der Waals surface area contributed by atoms with E-state index in [1.165, 1.54) is 38.5 Å². The van der Waals surface area contributed by atoms with Gasteiger partial charge in [-0.05, 0) is 19.9 Å². The van der Waals surface area contributed by atoms with Gasteiger partial charge in [-0.25, -0.2) is 4.98 Å². The summed E-state index contributed by atoms with van der Waals surface area (Å²) in [4.78, 5) is 4.35. The zero-order valence-electron chi connectivity index (χ0n) is 10.2. The standard InChI is InChI=1S/C13H22N2O/c1-14-9-8-13-15-10-12(16-13)11-6-4-2-3-5-7-11/h10-11,14H,2-9H2,1H3. The number of aromatic nitrogens is 1. The van der Waals surface area contributed by atoms with Crippen LogP contribution in [-0.2, 0) is 6.42 Å². The fourth-order valence-corrected chi connectivity index (χ4v) is 2.42. The Morgan fingerprint density at radius 1 is 1.31 bits per heavy atom. The predicted octanol–water partition coefficient (Wildman–Crippen LogP) is 2.87. The smallest absolute Gasteiger partial charge is 0.195 e. The highest BCUT2D eigenvalue weighted by atomic mass is 16.4. The number of hydrogen-bond acceptors (Lipinski definition) is 3. The van der Waals surface area contributed by atoms with Crippen molar-refractivity contribution in [3.63, 3.8) is 0 Å². The van der Waals surface area contributed by atoms with Crippen molar-refractivity contribution in [1.29, 1.82) is 0 Å². The molecule has 0 bridgehead atoms. The van der Waals surface area contributed by atoms with Crippen molar-refractivity contribution in [3.05, 3.63) is 17.8 Å². The first-order valence-electron chi connectivity index (χ1n) is 6.49. The second-order valence-corrected chi connectivity index (χ2v) is 4.70. The van der Waals surface area contributed by atoms with Crippen LogP contribution in [0.5, 0.6) is 0 Å². The van der Waals surface area contributed by atoms with Crippen LogP contribution in [0.25, 0.3) is 0 Å². The largest absolute Gasteiger partial charge is 0.445 e. The van der Waals surface area contributed by atoms with E-state index in [4.69, 9.17) is 4.42 Å². The molecule has 0 radical (unpaired) electrons. The van der Waals surface area contributed by atoms with Crippen molar-refractivity contribution in [1.82, 2.24) is 10.3 Å². The van der Waals surface area contributed by atoms with Crippen LogP contribution in [0, 0.1) is 0 Å². The molecular formula is C13H22N2O. The second kappa shape index (κ2) is 6.04. The van der Waals surface area contributed by atoms with Crippen LogP contribution in [0.3, 0.4) is 0 Å². The van der Waals surface area contributed by atoms with Gasteiger partial charge in [0.25, 0.3) is 0 Å². The van der Waals surface area contributed by atoms with Crippen LogP contribution in [0.2, 0.25) is 0 Å². The van der Waals surface area contributed by atoms with Crippen molar-refractivity contribution in [2.24, 2.45) is 0 Å². The van der Waals surface area contributed by atoms with E-state index >= 15 is 0 Å². The third kappa shape index (κ3) is 3.08. The summed E-state index contributed by atoms with van der Waals surface area (Å²) in [6, 6.07) is 0. The first-order valence-corrected chi connectivity index (χ1v) is 6.49. The van der Waals surface area contributed by atoms with Gasteiger partial charge in [0.2, 0.25) is 0 Å². The Morgan fingerprint density at radius 3 is 2.75 bits per heavy atom. The van der Waals surface area contributed by atoms with Gasteiger partial charge in [-0.3, -0.25) is 0 Å². The van der Waals surface area contributed by atoms with E-state index in [0.717, 1.165) is 24.6 Å². The lowest BCUT2D eigenvalue weighted by molar-refractivity contribution is 0.402.